The maximum absolute atomic E-state index is 5.88. The van der Waals surface area contributed by atoms with Crippen LogP contribution in [0.4, 0.5) is 0 Å². The summed E-state index contributed by atoms with van der Waals surface area (Å²) in [4.78, 5) is 0. The van der Waals surface area contributed by atoms with E-state index in [4.69, 9.17) is 37.9 Å². The van der Waals surface area contributed by atoms with Gasteiger partial charge in [-0.15, -0.1) is 0 Å². The van der Waals surface area contributed by atoms with Crippen LogP contribution >= 0.6 is 0 Å². The quantitative estimate of drug-likeness (QED) is 0.345. The molecule has 0 spiro atoms. The zero-order valence-corrected chi connectivity index (χ0v) is 14.6. The minimum atomic E-state index is -0.354. The van der Waals surface area contributed by atoms with Crippen LogP contribution in [0.5, 0.6) is 0 Å². The Balaban J connectivity index is 1.27. The normalized spacial score (nSPS) is 32.6. The van der Waals surface area contributed by atoms with Gasteiger partial charge in [0.25, 0.3) is 0 Å². The molecule has 4 rings (SSSR count). The van der Waals surface area contributed by atoms with E-state index < -0.39 is 0 Å². The second kappa shape index (κ2) is 8.58. The van der Waals surface area contributed by atoms with Crippen LogP contribution in [0.25, 0.3) is 0 Å². The van der Waals surface area contributed by atoms with Crippen LogP contribution in [-0.2, 0) is 37.9 Å². The lowest BCUT2D eigenvalue weighted by Gasteiger charge is -2.32. The number of hydrogen-bond acceptors (Lipinski definition) is 8. The van der Waals surface area contributed by atoms with E-state index in [0.717, 1.165) is 26.4 Å². The SMILES string of the molecule is C(OCC(COC[C@@H]1CO1)(COC[C@H]1CO1)COC[C@H]1CO1)[C@@H]1CO1. The van der Waals surface area contributed by atoms with Gasteiger partial charge in [0.15, 0.2) is 0 Å². The van der Waals surface area contributed by atoms with Gasteiger partial charge in [-0.25, -0.2) is 0 Å². The van der Waals surface area contributed by atoms with Gasteiger partial charge in [0.2, 0.25) is 0 Å². The van der Waals surface area contributed by atoms with Gasteiger partial charge in [0.1, 0.15) is 24.4 Å². The molecule has 0 N–H and O–H groups in total. The van der Waals surface area contributed by atoms with Crippen LogP contribution in [0.15, 0.2) is 0 Å². The second-order valence-electron chi connectivity index (χ2n) is 7.38. The van der Waals surface area contributed by atoms with E-state index in [1.807, 2.05) is 0 Å². The molecule has 4 fully saturated rings. The summed E-state index contributed by atoms with van der Waals surface area (Å²) in [6, 6.07) is 0. The fourth-order valence-corrected chi connectivity index (χ4v) is 2.53. The molecule has 144 valence electrons. The Morgan fingerprint density at radius 3 is 0.960 bits per heavy atom. The number of ether oxygens (including phenoxy) is 8. The predicted molar refractivity (Wildman–Crippen MR) is 84.7 cm³/mol. The van der Waals surface area contributed by atoms with Crippen LogP contribution in [0.2, 0.25) is 0 Å². The first-order valence-corrected chi connectivity index (χ1v) is 9.09. The molecule has 4 aliphatic rings. The third-order valence-corrected chi connectivity index (χ3v) is 4.46. The summed E-state index contributed by atoms with van der Waals surface area (Å²) < 4.78 is 44.4. The molecule has 25 heavy (non-hydrogen) atoms. The molecule has 4 atom stereocenters. The summed E-state index contributed by atoms with van der Waals surface area (Å²) in [6.07, 6.45) is 0.945. The first-order chi connectivity index (χ1) is 12.3. The molecule has 0 aromatic rings. The molecule has 4 heterocycles. The van der Waals surface area contributed by atoms with Crippen LogP contribution in [-0.4, -0.2) is 104 Å². The van der Waals surface area contributed by atoms with Crippen molar-refractivity contribution in [2.45, 2.75) is 24.4 Å². The molecule has 0 amide bonds. The summed E-state index contributed by atoms with van der Waals surface area (Å²) in [5.74, 6) is 0. The second-order valence-corrected chi connectivity index (χ2v) is 7.38. The topological polar surface area (TPSA) is 87.0 Å². The highest BCUT2D eigenvalue weighted by Gasteiger charge is 2.36. The molecule has 0 aromatic carbocycles. The van der Waals surface area contributed by atoms with Crippen molar-refractivity contribution in [2.24, 2.45) is 5.41 Å². The highest BCUT2D eigenvalue weighted by atomic mass is 16.6. The molecule has 0 bridgehead atoms. The zero-order valence-electron chi connectivity index (χ0n) is 14.6. The van der Waals surface area contributed by atoms with Gasteiger partial charge < -0.3 is 37.9 Å². The van der Waals surface area contributed by atoms with E-state index in [1.165, 1.54) is 0 Å². The summed E-state index contributed by atoms with van der Waals surface area (Å²) >= 11 is 0. The molecule has 0 aliphatic carbocycles. The molecule has 0 radical (unpaired) electrons. The maximum Gasteiger partial charge on any atom is 0.104 e. The Labute approximate surface area is 147 Å². The average molecular weight is 360 g/mol. The lowest BCUT2D eigenvalue weighted by molar-refractivity contribution is -0.111. The molecule has 4 aliphatic heterocycles. The van der Waals surface area contributed by atoms with Crippen molar-refractivity contribution < 1.29 is 37.9 Å². The van der Waals surface area contributed by atoms with Crippen LogP contribution in [0.1, 0.15) is 0 Å². The van der Waals surface area contributed by atoms with Crippen molar-refractivity contribution in [3.8, 4) is 0 Å². The third kappa shape index (κ3) is 7.07. The van der Waals surface area contributed by atoms with Crippen molar-refractivity contribution in [3.05, 3.63) is 0 Å². The van der Waals surface area contributed by atoms with Gasteiger partial charge in [-0.3, -0.25) is 0 Å². The van der Waals surface area contributed by atoms with E-state index >= 15 is 0 Å². The summed E-state index contributed by atoms with van der Waals surface area (Å²) in [6.45, 7) is 7.59. The summed E-state index contributed by atoms with van der Waals surface area (Å²) in [5, 5.41) is 0. The van der Waals surface area contributed by atoms with Crippen LogP contribution in [0, 0.1) is 5.41 Å². The zero-order chi connectivity index (χ0) is 17.0. The van der Waals surface area contributed by atoms with Crippen molar-refractivity contribution in [1.82, 2.24) is 0 Å². The minimum absolute atomic E-state index is 0.236. The molecular weight excluding hydrogens is 332 g/mol. The van der Waals surface area contributed by atoms with Crippen LogP contribution in [0.3, 0.4) is 0 Å². The lowest BCUT2D eigenvalue weighted by Crippen LogP contribution is -2.43. The Kier molecular flexibility index (Phi) is 6.20. The van der Waals surface area contributed by atoms with Gasteiger partial charge in [-0.1, -0.05) is 0 Å². The molecule has 0 saturated carbocycles. The highest BCUT2D eigenvalue weighted by molar-refractivity contribution is 4.82. The van der Waals surface area contributed by atoms with E-state index in [2.05, 4.69) is 0 Å². The van der Waals surface area contributed by atoms with Crippen molar-refractivity contribution >= 4 is 0 Å². The van der Waals surface area contributed by atoms with Gasteiger partial charge in [-0.05, 0) is 0 Å². The number of hydrogen-bond donors (Lipinski definition) is 0. The monoisotopic (exact) mass is 360 g/mol. The number of rotatable bonds is 16. The Morgan fingerprint density at radius 2 is 0.760 bits per heavy atom. The molecular formula is C17H28O8. The van der Waals surface area contributed by atoms with Gasteiger partial charge >= 0.3 is 0 Å². The fraction of sp³-hybridized carbons (Fsp3) is 1.00. The Hall–Kier alpha value is -0.320. The molecule has 8 nitrogen and oxygen atoms in total. The van der Waals surface area contributed by atoms with Crippen molar-refractivity contribution in [1.29, 1.82) is 0 Å². The van der Waals surface area contributed by atoms with E-state index in [0.29, 0.717) is 52.9 Å². The standard InChI is InChI=1S/C17H28O8/c1(13-5-22-13)18-9-17(10-19-2-14-6-23-14,11-20-3-15-7-24-15)12-21-4-16-8-25-16/h13-16H,1-12H2/t13-,14-,15+,16+. The summed E-state index contributed by atoms with van der Waals surface area (Å²) in [7, 11) is 0. The van der Waals surface area contributed by atoms with Crippen molar-refractivity contribution in [3.63, 3.8) is 0 Å². The van der Waals surface area contributed by atoms with E-state index in [-0.39, 0.29) is 29.8 Å². The number of epoxide rings is 4. The molecule has 0 unspecified atom stereocenters. The first-order valence-electron chi connectivity index (χ1n) is 9.09. The van der Waals surface area contributed by atoms with Gasteiger partial charge in [0, 0.05) is 0 Å². The fourth-order valence-electron chi connectivity index (χ4n) is 2.53. The molecule has 4 saturated heterocycles. The summed E-state index contributed by atoms with van der Waals surface area (Å²) in [5.41, 5.74) is -0.354. The van der Waals surface area contributed by atoms with E-state index in [9.17, 15) is 0 Å². The Morgan fingerprint density at radius 1 is 0.520 bits per heavy atom. The predicted octanol–water partition coefficient (Wildman–Crippen LogP) is -0.366. The van der Waals surface area contributed by atoms with Gasteiger partial charge in [0.05, 0.1) is 84.7 Å². The van der Waals surface area contributed by atoms with E-state index in [1.54, 1.807) is 0 Å². The van der Waals surface area contributed by atoms with Crippen molar-refractivity contribution in [2.75, 3.05) is 79.3 Å². The lowest BCUT2D eigenvalue weighted by atomic mass is 9.92. The Bertz CT molecular complexity index is 326. The largest absolute Gasteiger partial charge is 0.378 e. The first kappa shape index (κ1) is 18.1. The molecule has 0 aromatic heterocycles. The van der Waals surface area contributed by atoms with Crippen LogP contribution < -0.4 is 0 Å². The highest BCUT2D eigenvalue weighted by Crippen LogP contribution is 2.24. The maximum atomic E-state index is 5.88. The average Bonchev–Trinajstić information content (AvgIpc) is 3.44. The minimum Gasteiger partial charge on any atom is -0.378 e. The molecule has 8 heteroatoms. The van der Waals surface area contributed by atoms with Gasteiger partial charge in [-0.2, -0.15) is 0 Å². The third-order valence-electron chi connectivity index (χ3n) is 4.46. The smallest absolute Gasteiger partial charge is 0.104 e.